The Labute approximate surface area is 175 Å². The molecule has 1 atom stereocenters. The molecular formula is C22H18F3NO3S. The number of carbonyl (C=O) groups is 2. The Hall–Kier alpha value is -2.48. The van der Waals surface area contributed by atoms with Crippen LogP contribution in [0.4, 0.5) is 13.2 Å². The monoisotopic (exact) mass is 433 g/mol. The molecule has 2 aromatic carbocycles. The topological polar surface area (TPSA) is 46.6 Å². The summed E-state index contributed by atoms with van der Waals surface area (Å²) in [5.74, 6) is -0.471. The highest BCUT2D eigenvalue weighted by molar-refractivity contribution is 8.01. The highest BCUT2D eigenvalue weighted by Gasteiger charge is 2.57. The summed E-state index contributed by atoms with van der Waals surface area (Å²) in [6.45, 7) is 0.727. The van der Waals surface area contributed by atoms with Gasteiger partial charge in [-0.25, -0.2) is 4.79 Å². The van der Waals surface area contributed by atoms with Crippen LogP contribution < -0.4 is 0 Å². The van der Waals surface area contributed by atoms with Gasteiger partial charge in [0.25, 0.3) is 0 Å². The molecular weight excluding hydrogens is 415 g/mol. The van der Waals surface area contributed by atoms with E-state index in [1.54, 1.807) is 23.1 Å². The highest BCUT2D eigenvalue weighted by atomic mass is 32.2. The first-order valence-electron chi connectivity index (χ1n) is 9.71. The number of benzene rings is 2. The largest absolute Gasteiger partial charge is 0.449 e. The fourth-order valence-electron chi connectivity index (χ4n) is 4.33. The van der Waals surface area contributed by atoms with Crippen LogP contribution in [0.2, 0.25) is 0 Å². The molecule has 0 unspecified atom stereocenters. The number of halogens is 3. The van der Waals surface area contributed by atoms with E-state index < -0.39 is 22.1 Å². The maximum atomic E-state index is 13.3. The van der Waals surface area contributed by atoms with Crippen molar-refractivity contribution in [1.82, 2.24) is 4.90 Å². The average Bonchev–Trinajstić information content (AvgIpc) is 3.28. The highest BCUT2D eigenvalue weighted by Crippen LogP contribution is 2.54. The first-order chi connectivity index (χ1) is 14.2. The van der Waals surface area contributed by atoms with E-state index in [9.17, 15) is 22.8 Å². The third-order valence-corrected chi connectivity index (χ3v) is 7.48. The summed E-state index contributed by atoms with van der Waals surface area (Å²) < 4.78 is 44.0. The zero-order chi connectivity index (χ0) is 21.1. The number of thioether (sulfide) groups is 1. The SMILES string of the molecule is O=C1O[C@]2(CCN(C(=O)C3(Sc4cccc(C(F)(F)F)c4)CC3)C2)c2ccccc21. The summed E-state index contributed by atoms with van der Waals surface area (Å²) in [7, 11) is 0. The molecule has 0 bridgehead atoms. The van der Waals surface area contributed by atoms with Crippen LogP contribution in [-0.4, -0.2) is 34.6 Å². The molecule has 2 aliphatic heterocycles. The number of amides is 1. The number of carbonyl (C=O) groups excluding carboxylic acids is 2. The molecule has 2 aromatic rings. The first-order valence-corrected chi connectivity index (χ1v) is 10.5. The van der Waals surface area contributed by atoms with Crippen molar-refractivity contribution in [3.63, 3.8) is 0 Å². The van der Waals surface area contributed by atoms with Gasteiger partial charge in [0.2, 0.25) is 5.91 Å². The quantitative estimate of drug-likeness (QED) is 0.663. The molecule has 2 heterocycles. The molecule has 0 N–H and O–H groups in total. The zero-order valence-corrected chi connectivity index (χ0v) is 16.7. The maximum absolute atomic E-state index is 13.3. The lowest BCUT2D eigenvalue weighted by atomic mass is 9.91. The summed E-state index contributed by atoms with van der Waals surface area (Å²) in [5.41, 5.74) is -0.197. The molecule has 8 heteroatoms. The molecule has 30 heavy (non-hydrogen) atoms. The van der Waals surface area contributed by atoms with Crippen LogP contribution in [0.15, 0.2) is 53.4 Å². The lowest BCUT2D eigenvalue weighted by Crippen LogP contribution is -2.40. The van der Waals surface area contributed by atoms with Crippen molar-refractivity contribution in [2.24, 2.45) is 0 Å². The standard InChI is InChI=1S/C22H18F3NO3S/c23-22(24,25)14-4-3-5-15(12-14)30-21(8-9-21)19(28)26-11-10-20(13-26)17-7-2-1-6-16(17)18(27)29-20/h1-7,12H,8-11,13H2/t20-/m0/s1. The first kappa shape index (κ1) is 19.5. The summed E-state index contributed by atoms with van der Waals surface area (Å²) in [5, 5.41) is 0. The van der Waals surface area contributed by atoms with Gasteiger partial charge in [-0.2, -0.15) is 13.2 Å². The van der Waals surface area contributed by atoms with Crippen LogP contribution in [0.25, 0.3) is 0 Å². The van der Waals surface area contributed by atoms with Gasteiger partial charge in [-0.15, -0.1) is 11.8 Å². The minimum absolute atomic E-state index is 0.0952. The number of hydrogen-bond acceptors (Lipinski definition) is 4. The van der Waals surface area contributed by atoms with Crippen LogP contribution >= 0.6 is 11.8 Å². The van der Waals surface area contributed by atoms with E-state index in [4.69, 9.17) is 4.74 Å². The van der Waals surface area contributed by atoms with Crippen LogP contribution in [0.5, 0.6) is 0 Å². The Morgan fingerprint density at radius 1 is 1.07 bits per heavy atom. The molecule has 1 aliphatic carbocycles. The van der Waals surface area contributed by atoms with Crippen LogP contribution in [0.3, 0.4) is 0 Å². The van der Waals surface area contributed by atoms with Gasteiger partial charge < -0.3 is 9.64 Å². The Morgan fingerprint density at radius 2 is 1.83 bits per heavy atom. The van der Waals surface area contributed by atoms with Gasteiger partial charge in [-0.1, -0.05) is 24.3 Å². The van der Waals surface area contributed by atoms with E-state index in [-0.39, 0.29) is 18.4 Å². The van der Waals surface area contributed by atoms with Crippen molar-refractivity contribution in [2.45, 2.75) is 40.7 Å². The van der Waals surface area contributed by atoms with E-state index >= 15 is 0 Å². The lowest BCUT2D eigenvalue weighted by Gasteiger charge is -2.26. The van der Waals surface area contributed by atoms with E-state index in [2.05, 4.69) is 0 Å². The van der Waals surface area contributed by atoms with Crippen molar-refractivity contribution < 1.29 is 27.5 Å². The minimum Gasteiger partial charge on any atom is -0.449 e. The number of rotatable bonds is 3. The maximum Gasteiger partial charge on any atom is 0.416 e. The number of likely N-dealkylation sites (tertiary alicyclic amines) is 1. The van der Waals surface area contributed by atoms with E-state index in [1.165, 1.54) is 17.8 Å². The fourth-order valence-corrected chi connectivity index (χ4v) is 5.63. The van der Waals surface area contributed by atoms with Gasteiger partial charge in [-0.3, -0.25) is 4.79 Å². The molecule has 1 amide bonds. The van der Waals surface area contributed by atoms with Crippen molar-refractivity contribution >= 4 is 23.6 Å². The van der Waals surface area contributed by atoms with Crippen LogP contribution in [-0.2, 0) is 21.3 Å². The van der Waals surface area contributed by atoms with Gasteiger partial charge in [0.1, 0.15) is 0 Å². The predicted molar refractivity (Wildman–Crippen MR) is 104 cm³/mol. The smallest absolute Gasteiger partial charge is 0.416 e. The number of alkyl halides is 3. The third kappa shape index (κ3) is 3.09. The number of nitrogens with zero attached hydrogens (tertiary/aromatic N) is 1. The minimum atomic E-state index is -4.42. The molecule has 0 radical (unpaired) electrons. The Balaban J connectivity index is 1.35. The predicted octanol–water partition coefficient (Wildman–Crippen LogP) is 4.63. The number of fused-ring (bicyclic) bond motifs is 2. The molecule has 1 spiro atoms. The molecule has 2 fully saturated rings. The Bertz CT molecular complexity index is 1050. The second kappa shape index (κ2) is 6.51. The van der Waals surface area contributed by atoms with Gasteiger partial charge in [0.05, 0.1) is 22.4 Å². The molecule has 5 rings (SSSR count). The van der Waals surface area contributed by atoms with Gasteiger partial charge in [0, 0.05) is 23.4 Å². The van der Waals surface area contributed by atoms with Crippen LogP contribution in [0, 0.1) is 0 Å². The fraction of sp³-hybridized carbons (Fsp3) is 0.364. The van der Waals surface area contributed by atoms with Crippen molar-refractivity contribution in [2.75, 3.05) is 13.1 Å². The van der Waals surface area contributed by atoms with Gasteiger partial charge in [-0.05, 0) is 37.1 Å². The molecule has 1 saturated heterocycles. The van der Waals surface area contributed by atoms with E-state index in [1.807, 2.05) is 12.1 Å². The molecule has 0 aromatic heterocycles. The third-order valence-electron chi connectivity index (χ3n) is 6.01. The summed E-state index contributed by atoms with van der Waals surface area (Å²) in [6.07, 6.45) is -2.66. The summed E-state index contributed by atoms with van der Waals surface area (Å²) >= 11 is 1.20. The Morgan fingerprint density at radius 3 is 2.57 bits per heavy atom. The number of esters is 1. The van der Waals surface area contributed by atoms with Gasteiger partial charge >= 0.3 is 12.1 Å². The lowest BCUT2D eigenvalue weighted by molar-refractivity contribution is -0.137. The molecule has 156 valence electrons. The van der Waals surface area contributed by atoms with E-state index in [0.717, 1.165) is 17.7 Å². The summed E-state index contributed by atoms with van der Waals surface area (Å²) in [4.78, 5) is 27.7. The molecule has 3 aliphatic rings. The molecule has 4 nitrogen and oxygen atoms in total. The summed E-state index contributed by atoms with van der Waals surface area (Å²) in [6, 6.07) is 12.3. The normalized spacial score (nSPS) is 24.1. The molecule has 1 saturated carbocycles. The second-order valence-electron chi connectivity index (χ2n) is 8.03. The second-order valence-corrected chi connectivity index (χ2v) is 9.49. The van der Waals surface area contributed by atoms with Crippen molar-refractivity contribution in [3.05, 3.63) is 65.2 Å². The van der Waals surface area contributed by atoms with Gasteiger partial charge in [0.15, 0.2) is 5.60 Å². The van der Waals surface area contributed by atoms with Crippen LogP contribution in [0.1, 0.15) is 40.7 Å². The van der Waals surface area contributed by atoms with E-state index in [0.29, 0.717) is 36.3 Å². The average molecular weight is 433 g/mol. The van der Waals surface area contributed by atoms with Crippen molar-refractivity contribution in [1.29, 1.82) is 0 Å². The zero-order valence-electron chi connectivity index (χ0n) is 15.9. The number of hydrogen-bond donors (Lipinski definition) is 0. The number of ether oxygens (including phenoxy) is 1. The Kier molecular flexibility index (Phi) is 4.23. The van der Waals surface area contributed by atoms with Crippen molar-refractivity contribution in [3.8, 4) is 0 Å².